The number of nitrogens with one attached hydrogen (secondary N) is 1. The molecule has 20 heavy (non-hydrogen) atoms. The first kappa shape index (κ1) is 14.6. The van der Waals surface area contributed by atoms with E-state index in [1.54, 1.807) is 16.9 Å². The molecule has 0 radical (unpaired) electrons. The molecule has 1 N–H and O–H groups in total. The molecule has 0 atom stereocenters. The van der Waals surface area contributed by atoms with E-state index in [0.29, 0.717) is 6.54 Å². The SMILES string of the molecule is FC(F)(F)c1ccccc1CNCCCn1cccn1. The standard InChI is InChI=1S/C14H16F3N3/c15-14(16,17)13-6-2-1-5-12(13)11-18-7-3-9-20-10-4-8-19-20/h1-2,4-6,8,10,18H,3,7,9,11H2. The van der Waals surface area contributed by atoms with Crippen molar-refractivity contribution in [2.45, 2.75) is 25.7 Å². The van der Waals surface area contributed by atoms with Crippen molar-refractivity contribution in [2.75, 3.05) is 6.54 Å². The minimum absolute atomic E-state index is 0.217. The summed E-state index contributed by atoms with van der Waals surface area (Å²) in [4.78, 5) is 0. The van der Waals surface area contributed by atoms with Gasteiger partial charge in [0.15, 0.2) is 0 Å². The highest BCUT2D eigenvalue weighted by Crippen LogP contribution is 2.31. The molecule has 0 fully saturated rings. The van der Waals surface area contributed by atoms with E-state index in [9.17, 15) is 13.2 Å². The quantitative estimate of drug-likeness (QED) is 0.826. The van der Waals surface area contributed by atoms with Gasteiger partial charge in [-0.05, 0) is 30.7 Å². The Labute approximate surface area is 115 Å². The fourth-order valence-electron chi connectivity index (χ4n) is 1.97. The molecule has 0 unspecified atom stereocenters. The minimum Gasteiger partial charge on any atom is -0.313 e. The van der Waals surface area contributed by atoms with Gasteiger partial charge in [-0.3, -0.25) is 4.68 Å². The number of hydrogen-bond donors (Lipinski definition) is 1. The summed E-state index contributed by atoms with van der Waals surface area (Å²) in [5, 5.41) is 7.09. The number of halogens is 3. The molecule has 0 aliphatic rings. The van der Waals surface area contributed by atoms with Gasteiger partial charge in [0, 0.05) is 25.5 Å². The predicted molar refractivity (Wildman–Crippen MR) is 70.0 cm³/mol. The molecule has 1 aromatic carbocycles. The van der Waals surface area contributed by atoms with Gasteiger partial charge in [-0.15, -0.1) is 0 Å². The van der Waals surface area contributed by atoms with Crippen LogP contribution in [0.5, 0.6) is 0 Å². The molecular weight excluding hydrogens is 267 g/mol. The van der Waals surface area contributed by atoms with Gasteiger partial charge in [0.2, 0.25) is 0 Å². The molecule has 1 heterocycles. The van der Waals surface area contributed by atoms with Gasteiger partial charge in [0.05, 0.1) is 5.56 Å². The Morgan fingerprint density at radius 2 is 1.95 bits per heavy atom. The van der Waals surface area contributed by atoms with Crippen LogP contribution < -0.4 is 5.32 Å². The van der Waals surface area contributed by atoms with Crippen molar-refractivity contribution in [3.8, 4) is 0 Å². The van der Waals surface area contributed by atoms with Crippen molar-refractivity contribution in [2.24, 2.45) is 0 Å². The zero-order valence-corrected chi connectivity index (χ0v) is 10.9. The molecule has 0 aliphatic carbocycles. The lowest BCUT2D eigenvalue weighted by Crippen LogP contribution is -2.19. The number of hydrogen-bond acceptors (Lipinski definition) is 2. The molecule has 2 aromatic rings. The normalized spacial score (nSPS) is 11.8. The van der Waals surface area contributed by atoms with Crippen molar-refractivity contribution >= 4 is 0 Å². The van der Waals surface area contributed by atoms with Crippen LogP contribution in [0.2, 0.25) is 0 Å². The second-order valence-corrected chi connectivity index (χ2v) is 4.45. The van der Waals surface area contributed by atoms with Crippen LogP contribution in [0.25, 0.3) is 0 Å². The molecule has 3 nitrogen and oxygen atoms in total. The van der Waals surface area contributed by atoms with Gasteiger partial charge in [-0.2, -0.15) is 18.3 Å². The molecule has 2 rings (SSSR count). The van der Waals surface area contributed by atoms with Crippen molar-refractivity contribution in [1.29, 1.82) is 0 Å². The molecule has 0 saturated heterocycles. The predicted octanol–water partition coefficient (Wildman–Crippen LogP) is 3.08. The first-order chi connectivity index (χ1) is 9.57. The molecule has 1 aromatic heterocycles. The Bertz CT molecular complexity index is 521. The number of benzene rings is 1. The van der Waals surface area contributed by atoms with Gasteiger partial charge in [-0.25, -0.2) is 0 Å². The van der Waals surface area contributed by atoms with Crippen molar-refractivity contribution < 1.29 is 13.2 Å². The molecule has 0 amide bonds. The van der Waals surface area contributed by atoms with E-state index in [0.717, 1.165) is 19.0 Å². The summed E-state index contributed by atoms with van der Waals surface area (Å²) in [5.41, 5.74) is -0.293. The van der Waals surface area contributed by atoms with Gasteiger partial charge < -0.3 is 5.32 Å². The highest BCUT2D eigenvalue weighted by molar-refractivity contribution is 5.29. The van der Waals surface area contributed by atoms with E-state index in [1.807, 2.05) is 12.3 Å². The molecule has 0 bridgehead atoms. The summed E-state index contributed by atoms with van der Waals surface area (Å²) >= 11 is 0. The maximum atomic E-state index is 12.8. The summed E-state index contributed by atoms with van der Waals surface area (Å²) in [7, 11) is 0. The number of alkyl halides is 3. The van der Waals surface area contributed by atoms with Crippen LogP contribution in [0.1, 0.15) is 17.5 Å². The van der Waals surface area contributed by atoms with E-state index in [2.05, 4.69) is 10.4 Å². The van der Waals surface area contributed by atoms with Crippen LogP contribution in [0.3, 0.4) is 0 Å². The lowest BCUT2D eigenvalue weighted by molar-refractivity contribution is -0.138. The van der Waals surface area contributed by atoms with E-state index >= 15 is 0 Å². The van der Waals surface area contributed by atoms with Gasteiger partial charge in [0.1, 0.15) is 0 Å². The first-order valence-corrected chi connectivity index (χ1v) is 6.40. The van der Waals surface area contributed by atoms with Gasteiger partial charge in [-0.1, -0.05) is 18.2 Å². The van der Waals surface area contributed by atoms with Crippen molar-refractivity contribution in [1.82, 2.24) is 15.1 Å². The summed E-state index contributed by atoms with van der Waals surface area (Å²) in [6.07, 6.45) is 0.0785. The Morgan fingerprint density at radius 1 is 1.15 bits per heavy atom. The van der Waals surface area contributed by atoms with E-state index in [4.69, 9.17) is 0 Å². The van der Waals surface area contributed by atoms with Crippen LogP contribution in [0.15, 0.2) is 42.7 Å². The lowest BCUT2D eigenvalue weighted by Gasteiger charge is -2.13. The van der Waals surface area contributed by atoms with Crippen LogP contribution in [0, 0.1) is 0 Å². The fraction of sp³-hybridized carbons (Fsp3) is 0.357. The van der Waals surface area contributed by atoms with E-state index in [1.165, 1.54) is 12.1 Å². The molecule has 0 saturated carbocycles. The highest BCUT2D eigenvalue weighted by atomic mass is 19.4. The monoisotopic (exact) mass is 283 g/mol. The smallest absolute Gasteiger partial charge is 0.313 e. The molecule has 0 spiro atoms. The average Bonchev–Trinajstić information content (AvgIpc) is 2.91. The minimum atomic E-state index is -4.30. The molecule has 108 valence electrons. The van der Waals surface area contributed by atoms with Crippen LogP contribution >= 0.6 is 0 Å². The maximum absolute atomic E-state index is 12.8. The number of rotatable bonds is 6. The third kappa shape index (κ3) is 4.09. The van der Waals surface area contributed by atoms with Crippen LogP contribution in [-0.4, -0.2) is 16.3 Å². The second-order valence-electron chi connectivity index (χ2n) is 4.45. The Morgan fingerprint density at radius 3 is 2.65 bits per heavy atom. The largest absolute Gasteiger partial charge is 0.416 e. The first-order valence-electron chi connectivity index (χ1n) is 6.40. The number of aromatic nitrogens is 2. The molecule has 0 aliphatic heterocycles. The van der Waals surface area contributed by atoms with Gasteiger partial charge in [0.25, 0.3) is 0 Å². The summed E-state index contributed by atoms with van der Waals surface area (Å²) in [6, 6.07) is 7.48. The van der Waals surface area contributed by atoms with Crippen LogP contribution in [-0.2, 0) is 19.3 Å². The zero-order valence-electron chi connectivity index (χ0n) is 10.9. The Kier molecular flexibility index (Phi) is 4.79. The fourth-order valence-corrected chi connectivity index (χ4v) is 1.97. The summed E-state index contributed by atoms with van der Waals surface area (Å²) in [6.45, 7) is 1.61. The Balaban J connectivity index is 1.79. The maximum Gasteiger partial charge on any atom is 0.416 e. The number of nitrogens with zero attached hydrogens (tertiary/aromatic N) is 2. The summed E-state index contributed by atoms with van der Waals surface area (Å²) in [5.74, 6) is 0. The van der Waals surface area contributed by atoms with E-state index < -0.39 is 11.7 Å². The number of aryl methyl sites for hydroxylation is 1. The second kappa shape index (κ2) is 6.56. The van der Waals surface area contributed by atoms with Crippen molar-refractivity contribution in [3.05, 3.63) is 53.9 Å². The summed E-state index contributed by atoms with van der Waals surface area (Å²) < 4.78 is 40.1. The zero-order chi connectivity index (χ0) is 14.4. The Hall–Kier alpha value is -1.82. The van der Waals surface area contributed by atoms with Gasteiger partial charge >= 0.3 is 6.18 Å². The van der Waals surface area contributed by atoms with Crippen molar-refractivity contribution in [3.63, 3.8) is 0 Å². The molecule has 6 heteroatoms. The van der Waals surface area contributed by atoms with E-state index in [-0.39, 0.29) is 12.1 Å². The lowest BCUT2D eigenvalue weighted by atomic mass is 10.1. The topological polar surface area (TPSA) is 29.9 Å². The highest BCUT2D eigenvalue weighted by Gasteiger charge is 2.32. The average molecular weight is 283 g/mol. The van der Waals surface area contributed by atoms with Crippen LogP contribution in [0.4, 0.5) is 13.2 Å². The third-order valence-corrected chi connectivity index (χ3v) is 2.94. The molecular formula is C14H16F3N3. The third-order valence-electron chi connectivity index (χ3n) is 2.94.